The molecule has 4 rings (SSSR count). The van der Waals surface area contributed by atoms with E-state index in [1.165, 1.54) is 77.0 Å². The fourth-order valence-electron chi connectivity index (χ4n) is 8.70. The molecule has 4 aliphatic carbocycles. The lowest BCUT2D eigenvalue weighted by atomic mass is 9.47. The van der Waals surface area contributed by atoms with Crippen LogP contribution in [0.2, 0.25) is 0 Å². The first-order valence-corrected chi connectivity index (χ1v) is 14.2. The Hall–Kier alpha value is -0.340. The third-order valence-corrected chi connectivity index (χ3v) is 10.7. The van der Waals surface area contributed by atoms with Crippen LogP contribution in [-0.4, -0.2) is 38.3 Å². The molecule has 0 saturated heterocycles. The van der Waals surface area contributed by atoms with E-state index in [9.17, 15) is 0 Å². The minimum absolute atomic E-state index is 0.459. The second-order valence-electron chi connectivity index (χ2n) is 13.3. The number of likely N-dealkylation sites (N-methyl/N-ethyl adjacent to an activating group) is 1. The summed E-state index contributed by atoms with van der Waals surface area (Å²) in [5, 5.41) is 0. The van der Waals surface area contributed by atoms with E-state index in [1.54, 1.807) is 5.57 Å². The molecule has 0 radical (unpaired) electrons. The van der Waals surface area contributed by atoms with Crippen molar-refractivity contribution >= 4 is 0 Å². The Morgan fingerprint density at radius 3 is 2.59 bits per heavy atom. The maximum atomic E-state index is 6.30. The third kappa shape index (κ3) is 4.88. The summed E-state index contributed by atoms with van der Waals surface area (Å²) in [7, 11) is 4.28. The van der Waals surface area contributed by atoms with Crippen molar-refractivity contribution in [1.29, 1.82) is 0 Å². The maximum absolute atomic E-state index is 6.30. The zero-order chi connectivity index (χ0) is 22.9. The second-order valence-corrected chi connectivity index (χ2v) is 13.3. The van der Waals surface area contributed by atoms with Crippen molar-refractivity contribution in [3.63, 3.8) is 0 Å². The van der Waals surface area contributed by atoms with Crippen molar-refractivity contribution in [1.82, 2.24) is 4.90 Å². The lowest BCUT2D eigenvalue weighted by Crippen LogP contribution is -2.50. The molecule has 0 spiro atoms. The van der Waals surface area contributed by atoms with Gasteiger partial charge in [-0.05, 0) is 112 Å². The Balaban J connectivity index is 1.38. The SMILES string of the molecule is CC(C)CCCC[C@H]1CC[C@H]2[C@@H]3CC=C4C[C@@H](OCCN(C)C)CC[C@]4(C)[C@H]3CC[C@]12C. The summed E-state index contributed by atoms with van der Waals surface area (Å²) in [6, 6.07) is 0. The number of hydrogen-bond donors (Lipinski definition) is 0. The summed E-state index contributed by atoms with van der Waals surface area (Å²) in [6.07, 6.45) is 20.2. The van der Waals surface area contributed by atoms with E-state index in [2.05, 4.69) is 52.8 Å². The average Bonchev–Trinajstić information content (AvgIpc) is 3.07. The van der Waals surface area contributed by atoms with Gasteiger partial charge >= 0.3 is 0 Å². The number of ether oxygens (including phenoxy) is 1. The standard InChI is InChI=1S/C30H53NO/c1-22(2)9-7-8-10-23-12-14-27-26-13-11-24-21-25(32-20-19-31(5)6)15-17-30(24,4)28(26)16-18-29(23,27)3/h11,22-23,25-28H,7-10,12-21H2,1-6H3/t23-,25-,26-,27-,28-,29+,30-/m0/s1. The van der Waals surface area contributed by atoms with E-state index in [1.807, 2.05) is 0 Å². The highest BCUT2D eigenvalue weighted by molar-refractivity contribution is 5.25. The fraction of sp³-hybridized carbons (Fsp3) is 0.933. The number of nitrogens with zero attached hydrogens (tertiary/aromatic N) is 1. The number of allylic oxidation sites excluding steroid dienone is 1. The molecule has 3 fully saturated rings. The summed E-state index contributed by atoms with van der Waals surface area (Å²) < 4.78 is 6.30. The van der Waals surface area contributed by atoms with Crippen LogP contribution in [-0.2, 0) is 4.74 Å². The van der Waals surface area contributed by atoms with Gasteiger partial charge in [-0.3, -0.25) is 0 Å². The molecule has 0 unspecified atom stereocenters. The molecular weight excluding hydrogens is 390 g/mol. The Labute approximate surface area is 199 Å². The van der Waals surface area contributed by atoms with Gasteiger partial charge in [0.25, 0.3) is 0 Å². The fourth-order valence-corrected chi connectivity index (χ4v) is 8.70. The molecule has 3 saturated carbocycles. The van der Waals surface area contributed by atoms with E-state index < -0.39 is 0 Å². The van der Waals surface area contributed by atoms with Gasteiger partial charge in [0, 0.05) is 6.54 Å². The third-order valence-electron chi connectivity index (χ3n) is 10.7. The monoisotopic (exact) mass is 443 g/mol. The molecular formula is C30H53NO. The average molecular weight is 444 g/mol. The van der Waals surface area contributed by atoms with Gasteiger partial charge in [0.05, 0.1) is 12.7 Å². The smallest absolute Gasteiger partial charge is 0.0613 e. The second kappa shape index (κ2) is 10.1. The molecule has 32 heavy (non-hydrogen) atoms. The quantitative estimate of drug-likeness (QED) is 0.267. The molecule has 0 aromatic carbocycles. The van der Waals surface area contributed by atoms with Crippen LogP contribution < -0.4 is 0 Å². The first-order chi connectivity index (χ1) is 15.2. The summed E-state index contributed by atoms with van der Waals surface area (Å²) in [5.74, 6) is 4.74. The van der Waals surface area contributed by atoms with Crippen LogP contribution in [0.5, 0.6) is 0 Å². The van der Waals surface area contributed by atoms with E-state index in [0.717, 1.165) is 42.7 Å². The van der Waals surface area contributed by atoms with Crippen LogP contribution in [0.4, 0.5) is 0 Å². The Bertz CT molecular complexity index is 653. The summed E-state index contributed by atoms with van der Waals surface area (Å²) in [6.45, 7) is 12.0. The van der Waals surface area contributed by atoms with Gasteiger partial charge < -0.3 is 9.64 Å². The summed E-state index contributed by atoms with van der Waals surface area (Å²) in [5.41, 5.74) is 2.86. The van der Waals surface area contributed by atoms with E-state index in [0.29, 0.717) is 16.9 Å². The van der Waals surface area contributed by atoms with Gasteiger partial charge in [0.2, 0.25) is 0 Å². The number of rotatable bonds is 9. The van der Waals surface area contributed by atoms with E-state index >= 15 is 0 Å². The van der Waals surface area contributed by atoms with Crippen molar-refractivity contribution in [3.8, 4) is 0 Å². The highest BCUT2D eigenvalue weighted by Gasteiger charge is 2.58. The van der Waals surface area contributed by atoms with Crippen molar-refractivity contribution in [2.24, 2.45) is 40.4 Å². The van der Waals surface area contributed by atoms with Gasteiger partial charge in [-0.25, -0.2) is 0 Å². The maximum Gasteiger partial charge on any atom is 0.0613 e. The highest BCUT2D eigenvalue weighted by Crippen LogP contribution is 2.66. The van der Waals surface area contributed by atoms with Crippen LogP contribution >= 0.6 is 0 Å². The molecule has 184 valence electrons. The van der Waals surface area contributed by atoms with Crippen LogP contribution in [0.25, 0.3) is 0 Å². The van der Waals surface area contributed by atoms with Crippen molar-refractivity contribution in [2.45, 2.75) is 111 Å². The van der Waals surface area contributed by atoms with E-state index in [4.69, 9.17) is 4.74 Å². The zero-order valence-corrected chi connectivity index (χ0v) is 22.3. The molecule has 0 aliphatic heterocycles. The normalized spacial score (nSPS) is 41.4. The van der Waals surface area contributed by atoms with Gasteiger partial charge in [-0.1, -0.05) is 58.6 Å². The largest absolute Gasteiger partial charge is 0.377 e. The molecule has 0 aromatic heterocycles. The Morgan fingerprint density at radius 2 is 1.84 bits per heavy atom. The van der Waals surface area contributed by atoms with Crippen molar-refractivity contribution < 1.29 is 4.74 Å². The predicted molar refractivity (Wildman–Crippen MR) is 137 cm³/mol. The van der Waals surface area contributed by atoms with Crippen molar-refractivity contribution in [2.75, 3.05) is 27.2 Å². The molecule has 0 heterocycles. The van der Waals surface area contributed by atoms with Gasteiger partial charge in [0.1, 0.15) is 0 Å². The minimum atomic E-state index is 0.459. The highest BCUT2D eigenvalue weighted by atomic mass is 16.5. The topological polar surface area (TPSA) is 12.5 Å². The predicted octanol–water partition coefficient (Wildman–Crippen LogP) is 7.73. The zero-order valence-electron chi connectivity index (χ0n) is 22.3. The van der Waals surface area contributed by atoms with Crippen LogP contribution in [0.15, 0.2) is 11.6 Å². The van der Waals surface area contributed by atoms with E-state index in [-0.39, 0.29) is 0 Å². The molecule has 0 amide bonds. The molecule has 0 bridgehead atoms. The summed E-state index contributed by atoms with van der Waals surface area (Å²) in [4.78, 5) is 2.23. The molecule has 2 nitrogen and oxygen atoms in total. The van der Waals surface area contributed by atoms with Gasteiger partial charge in [-0.15, -0.1) is 0 Å². The molecule has 7 atom stereocenters. The summed E-state index contributed by atoms with van der Waals surface area (Å²) >= 11 is 0. The van der Waals surface area contributed by atoms with Crippen molar-refractivity contribution in [3.05, 3.63) is 11.6 Å². The van der Waals surface area contributed by atoms with Crippen LogP contribution in [0.1, 0.15) is 105 Å². The first-order valence-electron chi connectivity index (χ1n) is 14.2. The Morgan fingerprint density at radius 1 is 1.03 bits per heavy atom. The lowest BCUT2D eigenvalue weighted by molar-refractivity contribution is -0.0594. The molecule has 0 aromatic rings. The van der Waals surface area contributed by atoms with Gasteiger partial charge in [0.15, 0.2) is 0 Å². The number of unbranched alkanes of at least 4 members (excludes halogenated alkanes) is 1. The van der Waals surface area contributed by atoms with Gasteiger partial charge in [-0.2, -0.15) is 0 Å². The Kier molecular flexibility index (Phi) is 7.82. The molecule has 0 N–H and O–H groups in total. The molecule has 4 aliphatic rings. The first kappa shape index (κ1) is 24.8. The molecule has 2 heteroatoms. The number of hydrogen-bond acceptors (Lipinski definition) is 2. The lowest BCUT2D eigenvalue weighted by Gasteiger charge is -2.58. The minimum Gasteiger partial charge on any atom is -0.377 e. The van der Waals surface area contributed by atoms with Crippen LogP contribution in [0.3, 0.4) is 0 Å². The number of fused-ring (bicyclic) bond motifs is 5. The van der Waals surface area contributed by atoms with Crippen LogP contribution in [0, 0.1) is 40.4 Å².